The van der Waals surface area contributed by atoms with Crippen molar-refractivity contribution >= 4 is 37.8 Å². The van der Waals surface area contributed by atoms with Crippen molar-refractivity contribution in [1.29, 1.82) is 0 Å². The number of carbonyl (C=O) groups excluding carboxylic acids is 1. The fourth-order valence-corrected chi connectivity index (χ4v) is 5.21. The first-order valence-corrected chi connectivity index (χ1v) is 9.54. The second-order valence-electron chi connectivity index (χ2n) is 6.00. The van der Waals surface area contributed by atoms with Gasteiger partial charge in [0.15, 0.2) is 9.84 Å². The third-order valence-corrected chi connectivity index (χ3v) is 6.29. The molecule has 1 N–H and O–H groups in total. The zero-order chi connectivity index (χ0) is 16.0. The van der Waals surface area contributed by atoms with Crippen molar-refractivity contribution in [3.05, 3.63) is 33.8 Å². The summed E-state index contributed by atoms with van der Waals surface area (Å²) in [5, 5.41) is 2.85. The molecular formula is C15H16BrNO4S. The van der Waals surface area contributed by atoms with Gasteiger partial charge in [-0.25, -0.2) is 8.42 Å². The van der Waals surface area contributed by atoms with Gasteiger partial charge in [-0.1, -0.05) is 15.9 Å². The zero-order valence-electron chi connectivity index (χ0n) is 12.1. The maximum absolute atomic E-state index is 12.4. The maximum atomic E-state index is 12.4. The Balaban J connectivity index is 1.79. The third kappa shape index (κ3) is 3.20. The van der Waals surface area contributed by atoms with E-state index in [0.29, 0.717) is 12.0 Å². The summed E-state index contributed by atoms with van der Waals surface area (Å²) in [5.74, 6) is 0.566. The molecule has 1 atom stereocenters. The smallest absolute Gasteiger partial charge is 0.251 e. The lowest BCUT2D eigenvalue weighted by Crippen LogP contribution is -2.48. The van der Waals surface area contributed by atoms with Crippen LogP contribution in [0.4, 0.5) is 0 Å². The average molecular weight is 386 g/mol. The van der Waals surface area contributed by atoms with Crippen molar-refractivity contribution < 1.29 is 17.9 Å². The lowest BCUT2D eigenvalue weighted by atomic mass is 10.0. The first-order chi connectivity index (χ1) is 10.3. The predicted molar refractivity (Wildman–Crippen MR) is 87.4 cm³/mol. The van der Waals surface area contributed by atoms with Crippen LogP contribution in [0.2, 0.25) is 0 Å². The highest BCUT2D eigenvalue weighted by molar-refractivity contribution is 9.10. The minimum atomic E-state index is -3.06. The standard InChI is InChI=1S/C15H16BrNO4S/c1-15(4-5-22(19,20)9-15)17-14(18)11-6-10-7-12(16)2-3-13(10)21-8-11/h2-3,6-7H,4-5,8-9H2,1H3,(H,17,18)/t15-/m0/s1. The van der Waals surface area contributed by atoms with Crippen molar-refractivity contribution in [2.24, 2.45) is 0 Å². The predicted octanol–water partition coefficient (Wildman–Crippen LogP) is 1.92. The maximum Gasteiger partial charge on any atom is 0.251 e. The van der Waals surface area contributed by atoms with Crippen molar-refractivity contribution in [2.45, 2.75) is 18.9 Å². The Morgan fingerprint density at radius 2 is 2.18 bits per heavy atom. The molecule has 5 nitrogen and oxygen atoms in total. The van der Waals surface area contributed by atoms with Crippen LogP contribution in [0.3, 0.4) is 0 Å². The van der Waals surface area contributed by atoms with E-state index in [1.165, 1.54) is 0 Å². The lowest BCUT2D eigenvalue weighted by molar-refractivity contribution is -0.119. The van der Waals surface area contributed by atoms with Gasteiger partial charge < -0.3 is 10.1 Å². The van der Waals surface area contributed by atoms with Crippen LogP contribution in [0.1, 0.15) is 18.9 Å². The first kappa shape index (κ1) is 15.6. The molecule has 2 aliphatic heterocycles. The highest BCUT2D eigenvalue weighted by atomic mass is 79.9. The molecule has 3 rings (SSSR count). The quantitative estimate of drug-likeness (QED) is 0.843. The van der Waals surface area contributed by atoms with Gasteiger partial charge in [0.2, 0.25) is 0 Å². The van der Waals surface area contributed by atoms with Gasteiger partial charge in [-0.3, -0.25) is 4.79 Å². The summed E-state index contributed by atoms with van der Waals surface area (Å²) >= 11 is 3.39. The summed E-state index contributed by atoms with van der Waals surface area (Å²) in [4.78, 5) is 12.4. The number of hydrogen-bond acceptors (Lipinski definition) is 4. The van der Waals surface area contributed by atoms with E-state index in [-0.39, 0.29) is 24.0 Å². The Morgan fingerprint density at radius 3 is 2.86 bits per heavy atom. The Hall–Kier alpha value is -1.34. The number of hydrogen-bond donors (Lipinski definition) is 1. The van der Waals surface area contributed by atoms with Crippen molar-refractivity contribution in [2.75, 3.05) is 18.1 Å². The monoisotopic (exact) mass is 385 g/mol. The van der Waals surface area contributed by atoms with Gasteiger partial charge in [0.05, 0.1) is 22.6 Å². The topological polar surface area (TPSA) is 72.5 Å². The molecule has 2 aliphatic rings. The Labute approximate surface area is 137 Å². The van der Waals surface area contributed by atoms with Gasteiger partial charge in [0, 0.05) is 10.0 Å². The summed E-state index contributed by atoms with van der Waals surface area (Å²) in [6.07, 6.45) is 2.23. The lowest BCUT2D eigenvalue weighted by Gasteiger charge is -2.26. The zero-order valence-corrected chi connectivity index (χ0v) is 14.5. The van der Waals surface area contributed by atoms with E-state index in [2.05, 4.69) is 21.2 Å². The van der Waals surface area contributed by atoms with Gasteiger partial charge in [-0.15, -0.1) is 0 Å². The van der Waals surface area contributed by atoms with Crippen LogP contribution in [0, 0.1) is 0 Å². The SMILES string of the molecule is C[C@]1(NC(=O)C2=Cc3cc(Br)ccc3OC2)CCS(=O)(=O)C1. The molecule has 0 aliphatic carbocycles. The van der Waals surface area contributed by atoms with E-state index in [4.69, 9.17) is 4.74 Å². The van der Waals surface area contributed by atoms with Crippen LogP contribution in [-0.2, 0) is 14.6 Å². The van der Waals surface area contributed by atoms with Gasteiger partial charge in [-0.05, 0) is 37.6 Å². The number of amides is 1. The molecule has 1 aromatic carbocycles. The number of ether oxygens (including phenoxy) is 1. The molecule has 7 heteroatoms. The molecule has 0 bridgehead atoms. The van der Waals surface area contributed by atoms with Crippen molar-refractivity contribution in [1.82, 2.24) is 5.32 Å². The van der Waals surface area contributed by atoms with E-state index < -0.39 is 15.4 Å². The molecule has 1 amide bonds. The minimum Gasteiger partial charge on any atom is -0.488 e. The molecule has 0 radical (unpaired) electrons. The van der Waals surface area contributed by atoms with Crippen molar-refractivity contribution in [3.63, 3.8) is 0 Å². The molecule has 118 valence electrons. The van der Waals surface area contributed by atoms with Gasteiger partial charge in [-0.2, -0.15) is 0 Å². The third-order valence-electron chi connectivity index (χ3n) is 3.90. The average Bonchev–Trinajstić information content (AvgIpc) is 2.71. The summed E-state index contributed by atoms with van der Waals surface area (Å²) in [7, 11) is -3.06. The number of nitrogens with one attached hydrogen (secondary N) is 1. The van der Waals surface area contributed by atoms with Crippen LogP contribution in [0.5, 0.6) is 5.75 Å². The van der Waals surface area contributed by atoms with Crippen LogP contribution >= 0.6 is 15.9 Å². The summed E-state index contributed by atoms with van der Waals surface area (Å²) in [5.41, 5.74) is 0.625. The second kappa shape index (κ2) is 5.38. The second-order valence-corrected chi connectivity index (χ2v) is 9.10. The molecule has 0 aromatic heterocycles. The molecule has 0 saturated carbocycles. The van der Waals surface area contributed by atoms with E-state index in [1.54, 1.807) is 13.0 Å². The van der Waals surface area contributed by atoms with Crippen LogP contribution < -0.4 is 10.1 Å². The summed E-state index contributed by atoms with van der Waals surface area (Å²) in [6.45, 7) is 1.95. The highest BCUT2D eigenvalue weighted by Crippen LogP contribution is 2.30. The number of halogens is 1. The number of benzene rings is 1. The van der Waals surface area contributed by atoms with E-state index in [0.717, 1.165) is 15.8 Å². The molecule has 2 heterocycles. The number of sulfone groups is 1. The van der Waals surface area contributed by atoms with Crippen LogP contribution in [0.15, 0.2) is 28.2 Å². The van der Waals surface area contributed by atoms with Gasteiger partial charge in [0.1, 0.15) is 12.4 Å². The van der Waals surface area contributed by atoms with Crippen LogP contribution in [-0.4, -0.2) is 38.0 Å². The van der Waals surface area contributed by atoms with E-state index in [9.17, 15) is 13.2 Å². The van der Waals surface area contributed by atoms with Gasteiger partial charge >= 0.3 is 0 Å². The van der Waals surface area contributed by atoms with E-state index >= 15 is 0 Å². The normalized spacial score (nSPS) is 25.8. The molecule has 22 heavy (non-hydrogen) atoms. The fourth-order valence-electron chi connectivity index (χ4n) is 2.74. The largest absolute Gasteiger partial charge is 0.488 e. The highest BCUT2D eigenvalue weighted by Gasteiger charge is 2.40. The van der Waals surface area contributed by atoms with Crippen LogP contribution in [0.25, 0.3) is 6.08 Å². The Bertz CT molecular complexity index is 772. The first-order valence-electron chi connectivity index (χ1n) is 6.92. The van der Waals surface area contributed by atoms with Gasteiger partial charge in [0.25, 0.3) is 5.91 Å². The number of rotatable bonds is 2. The molecule has 1 fully saturated rings. The fraction of sp³-hybridized carbons (Fsp3) is 0.400. The molecular weight excluding hydrogens is 370 g/mol. The Morgan fingerprint density at radius 1 is 1.41 bits per heavy atom. The van der Waals surface area contributed by atoms with Crippen molar-refractivity contribution in [3.8, 4) is 5.75 Å². The summed E-state index contributed by atoms with van der Waals surface area (Å²) < 4.78 is 29.7. The van der Waals surface area contributed by atoms with E-state index in [1.807, 2.05) is 18.2 Å². The molecule has 0 spiro atoms. The number of fused-ring (bicyclic) bond motifs is 1. The molecule has 1 aromatic rings. The Kier molecular flexibility index (Phi) is 3.81. The number of carbonyl (C=O) groups is 1. The summed E-state index contributed by atoms with van der Waals surface area (Å²) in [6, 6.07) is 5.60. The minimum absolute atomic E-state index is 0.0119. The molecule has 1 saturated heterocycles. The molecule has 0 unspecified atom stereocenters.